The van der Waals surface area contributed by atoms with Gasteiger partial charge in [0.2, 0.25) is 5.78 Å². The number of aromatic nitrogens is 2. The number of anilines is 2. The van der Waals surface area contributed by atoms with E-state index < -0.39 is 33.9 Å². The van der Waals surface area contributed by atoms with E-state index in [2.05, 4.69) is 82.7 Å². The number of rotatable bonds is 10. The molecule has 4 bridgehead atoms. The lowest BCUT2D eigenvalue weighted by Gasteiger charge is -2.52. The summed E-state index contributed by atoms with van der Waals surface area (Å²) in [5.41, 5.74) is 8.09. The normalized spacial score (nSPS) is 33.9. The maximum atomic E-state index is 15.9. The first-order valence-corrected chi connectivity index (χ1v) is 28.3. The lowest BCUT2D eigenvalue weighted by atomic mass is 9.58. The summed E-state index contributed by atoms with van der Waals surface area (Å²) in [4.78, 5) is 61.3. The van der Waals surface area contributed by atoms with Crippen LogP contribution in [0.15, 0.2) is 89.2 Å². The van der Waals surface area contributed by atoms with Crippen molar-refractivity contribution in [3.05, 3.63) is 118 Å². The lowest BCUT2D eigenvalue weighted by Crippen LogP contribution is -2.59. The van der Waals surface area contributed by atoms with Gasteiger partial charge < -0.3 is 41.8 Å². The number of ether oxygens (including phenoxy) is 2. The summed E-state index contributed by atoms with van der Waals surface area (Å²) < 4.78 is 13.3. The molecule has 0 radical (unpaired) electrons. The van der Waals surface area contributed by atoms with Gasteiger partial charge in [-0.25, -0.2) is 14.8 Å². The number of aliphatic imine (C=N–C) groups is 1. The van der Waals surface area contributed by atoms with Crippen molar-refractivity contribution in [2.45, 2.75) is 159 Å². The number of cyclic esters (lactones) is 1. The zero-order chi connectivity index (χ0) is 52.2. The molecule has 0 amide bonds. The first kappa shape index (κ1) is 51.4. The topological polar surface area (TPSA) is 197 Å². The maximum Gasteiger partial charge on any atom is 0.350 e. The summed E-state index contributed by atoms with van der Waals surface area (Å²) in [6.45, 7) is 8.23. The van der Waals surface area contributed by atoms with Gasteiger partial charge in [0.25, 0.3) is 5.60 Å². The van der Waals surface area contributed by atoms with Gasteiger partial charge in [-0.2, -0.15) is 0 Å². The number of epoxide rings is 1. The number of allylic oxidation sites excluding steroid dienone is 3. The molecule has 7 N–H and O–H groups in total. The molecular weight excluding hydrogens is 939 g/mol. The van der Waals surface area contributed by atoms with Crippen molar-refractivity contribution in [3.8, 4) is 0 Å². The van der Waals surface area contributed by atoms with Crippen molar-refractivity contribution in [2.24, 2.45) is 33.6 Å². The van der Waals surface area contributed by atoms with Crippen LogP contribution in [-0.2, 0) is 39.1 Å². The Labute approximate surface area is 443 Å². The maximum absolute atomic E-state index is 15.9. The lowest BCUT2D eigenvalue weighted by molar-refractivity contribution is -0.150. The number of pyridine rings is 2. The minimum Gasteiger partial charge on any atom is -0.463 e. The molecule has 1 spiro atoms. The zero-order valence-electron chi connectivity index (χ0n) is 44.9. The highest BCUT2D eigenvalue weighted by molar-refractivity contribution is 6.33. The van der Waals surface area contributed by atoms with Gasteiger partial charge in [-0.15, -0.1) is 0 Å². The van der Waals surface area contributed by atoms with Crippen molar-refractivity contribution in [1.82, 2.24) is 31.2 Å². The Morgan fingerprint density at radius 2 is 1.83 bits per heavy atom. The fourth-order valence-corrected chi connectivity index (χ4v) is 15.5. The molecule has 3 fully saturated rings. The average Bonchev–Trinajstić information content (AvgIpc) is 4.13. The van der Waals surface area contributed by atoms with E-state index in [-0.39, 0.29) is 47.9 Å². The number of hydrogen-bond acceptors (Lipinski definition) is 12. The summed E-state index contributed by atoms with van der Waals surface area (Å²) in [5, 5.41) is 18.4. The minimum absolute atomic E-state index is 0.0143. The van der Waals surface area contributed by atoms with Crippen LogP contribution in [0.3, 0.4) is 0 Å². The van der Waals surface area contributed by atoms with Crippen LogP contribution < -0.4 is 32.3 Å². The van der Waals surface area contributed by atoms with E-state index in [1.54, 1.807) is 6.07 Å². The number of nitrogens with one attached hydrogen (secondary N) is 5. The predicted octanol–water partition coefficient (Wildman–Crippen LogP) is 8.63. The van der Waals surface area contributed by atoms with Gasteiger partial charge in [0.1, 0.15) is 11.6 Å². The number of carbonyl (C=O) groups is 3. The van der Waals surface area contributed by atoms with E-state index in [1.807, 2.05) is 50.8 Å². The molecule has 1 saturated carbocycles. The molecule has 75 heavy (non-hydrogen) atoms. The molecule has 14 nitrogen and oxygen atoms in total. The molecule has 4 aliphatic carbocycles. The van der Waals surface area contributed by atoms with Crippen LogP contribution >= 0.6 is 0 Å². The first-order valence-electron chi connectivity index (χ1n) is 28.3. The van der Waals surface area contributed by atoms with Gasteiger partial charge in [0.15, 0.2) is 17.3 Å². The first-order chi connectivity index (χ1) is 36.3. The summed E-state index contributed by atoms with van der Waals surface area (Å²) in [6.07, 6.45) is 27.6. The Balaban J connectivity index is 1.01. The van der Waals surface area contributed by atoms with Crippen molar-refractivity contribution in [3.63, 3.8) is 0 Å². The summed E-state index contributed by atoms with van der Waals surface area (Å²) in [6, 6.07) is 11.7. The summed E-state index contributed by atoms with van der Waals surface area (Å²) in [5.74, 6) is 1.33. The monoisotopic (exact) mass is 1020 g/mol. The number of fused-ring (bicyclic) bond motifs is 2. The highest BCUT2D eigenvalue weighted by Crippen LogP contribution is 2.62. The number of ketones is 2. The summed E-state index contributed by atoms with van der Waals surface area (Å²) >= 11 is 0. The van der Waals surface area contributed by atoms with E-state index >= 15 is 14.4 Å². The number of benzene rings is 1. The molecule has 9 atom stereocenters. The van der Waals surface area contributed by atoms with E-state index in [1.165, 1.54) is 16.7 Å². The van der Waals surface area contributed by atoms with Crippen LogP contribution in [0.25, 0.3) is 0 Å². The third-order valence-corrected chi connectivity index (χ3v) is 19.4. The fraction of sp³-hybridized carbons (Fsp3) is 0.574. The van der Waals surface area contributed by atoms with Gasteiger partial charge in [-0.3, -0.25) is 14.6 Å². The standard InChI is InChI=1S/C61H79N9O5/c1-6-65-48-33-41-16-11-15-40-14-7-8-25-57(3,34-39-19-21-49(62)68-36-39)35-42-17-12-18-45-51(42)53(72)61(55(73)74-37-43(48)32-46(40)41)60(75-61,52(45)71)29-23-38(2)58(26-9-10-27-58)59(28-13-30-67-56(64-5)70-59)47-24-31-66-54-44(47)20-22-50(63-4)69-54/h11-12,16-19,21,23-24,31,33,36,40,43,46,48,50,63,65H,6-10,13-15,20,22,25-30,32,34-35,37H2,1-5H3,(H2,62,68)(H,66,69)(H2,64,67,70)/b38-23+/t40-,43+,46-,48+,50-,57+,59+,60+,61+/m1/s1. The quantitative estimate of drug-likeness (QED) is 0.0489. The van der Waals surface area contributed by atoms with E-state index in [4.69, 9.17) is 25.2 Å². The average molecular weight is 1020 g/mol. The van der Waals surface area contributed by atoms with Gasteiger partial charge in [0.05, 0.1) is 18.3 Å². The molecule has 2 saturated heterocycles. The third kappa shape index (κ3) is 8.74. The molecule has 11 rings (SSSR count). The second kappa shape index (κ2) is 20.3. The molecule has 0 unspecified atom stereocenters. The van der Waals surface area contributed by atoms with Crippen molar-refractivity contribution >= 4 is 35.1 Å². The van der Waals surface area contributed by atoms with Crippen molar-refractivity contribution in [2.75, 3.05) is 44.8 Å². The largest absolute Gasteiger partial charge is 0.463 e. The van der Waals surface area contributed by atoms with E-state index in [9.17, 15) is 0 Å². The fourth-order valence-electron chi connectivity index (χ4n) is 15.5. The third-order valence-electron chi connectivity index (χ3n) is 19.4. The number of likely N-dealkylation sites (N-methyl/N-ethyl adjacent to an activating group) is 1. The predicted molar refractivity (Wildman–Crippen MR) is 293 cm³/mol. The Bertz CT molecular complexity index is 2840. The zero-order valence-corrected chi connectivity index (χ0v) is 44.9. The molecule has 8 aliphatic rings. The molecule has 2 aromatic heterocycles. The number of nitrogen functional groups attached to an aromatic ring is 1. The SMILES string of the molecule is CCN[C@H]1C=C2C=CC[C@H]3CCCC[C@@](C)(Cc4ccc(N)nc4)Cc4cccc5c4C(=O)[C@]4(O[C@@]4(C/C=C(\C)C4([C@@]6(c7ccnc8c7CC[C@H](NC)N8)CCCNC(=NC)N6)CCCC4)C5=O)C(=O)OC[C@@H]1C[C@@H]23. The smallest absolute Gasteiger partial charge is 0.350 e. The molecule has 14 heteroatoms. The van der Waals surface area contributed by atoms with Gasteiger partial charge in [0, 0.05) is 66.5 Å². The Morgan fingerprint density at radius 1 is 0.987 bits per heavy atom. The molecule has 6 heterocycles. The van der Waals surface area contributed by atoms with Gasteiger partial charge in [-0.05, 0) is 149 Å². The highest BCUT2D eigenvalue weighted by Gasteiger charge is 2.85. The van der Waals surface area contributed by atoms with E-state index in [0.717, 1.165) is 131 Å². The second-order valence-corrected chi connectivity index (χ2v) is 23.7. The van der Waals surface area contributed by atoms with E-state index in [0.29, 0.717) is 36.1 Å². The molecule has 398 valence electrons. The van der Waals surface area contributed by atoms with Gasteiger partial charge >= 0.3 is 5.97 Å². The van der Waals surface area contributed by atoms with Gasteiger partial charge in [-0.1, -0.05) is 93.7 Å². The number of hydrogen-bond donors (Lipinski definition) is 6. The van der Waals surface area contributed by atoms with Crippen LogP contribution in [0.2, 0.25) is 0 Å². The van der Waals surface area contributed by atoms with Crippen molar-refractivity contribution < 1.29 is 23.9 Å². The number of guanidine groups is 1. The molecule has 1 aromatic carbocycles. The second-order valence-electron chi connectivity index (χ2n) is 23.7. The van der Waals surface area contributed by atoms with Crippen LogP contribution in [0.4, 0.5) is 11.6 Å². The molecule has 4 aliphatic heterocycles. The highest BCUT2D eigenvalue weighted by atomic mass is 16.7. The Morgan fingerprint density at radius 3 is 2.61 bits per heavy atom. The number of esters is 1. The number of carbonyl (C=O) groups excluding carboxylic acids is 3. The molecule has 3 aromatic rings. The van der Waals surface area contributed by atoms with Crippen LogP contribution in [0.5, 0.6) is 0 Å². The Hall–Kier alpha value is -5.70. The minimum atomic E-state index is -2.14. The van der Waals surface area contributed by atoms with Crippen molar-refractivity contribution in [1.29, 1.82) is 0 Å². The number of Topliss-reactive ketones (excluding diaryl/α,β-unsaturated/α-hetero) is 2. The Kier molecular flexibility index (Phi) is 13.9. The summed E-state index contributed by atoms with van der Waals surface area (Å²) in [7, 11) is 3.80. The number of nitrogens with zero attached hydrogens (tertiary/aromatic N) is 3. The molecular formula is C61H79N9O5. The van der Waals surface area contributed by atoms with Crippen LogP contribution in [0, 0.1) is 28.6 Å². The number of nitrogens with two attached hydrogens (primary N) is 1. The van der Waals surface area contributed by atoms with Crippen LogP contribution in [-0.4, -0.2) is 90.7 Å². The van der Waals surface area contributed by atoms with Crippen LogP contribution in [0.1, 0.15) is 154 Å².